The second kappa shape index (κ2) is 9.41. The first kappa shape index (κ1) is 25.4. The lowest BCUT2D eigenvalue weighted by atomic mass is 9.42. The minimum absolute atomic E-state index is 0.121. The van der Waals surface area contributed by atoms with Gasteiger partial charge in [-0.15, -0.1) is 0 Å². The van der Waals surface area contributed by atoms with Crippen LogP contribution in [0.2, 0.25) is 0 Å². The summed E-state index contributed by atoms with van der Waals surface area (Å²) in [6.07, 6.45) is 5.00. The number of amides is 1. The van der Waals surface area contributed by atoms with Gasteiger partial charge in [-0.05, 0) is 53.2 Å². The number of carboxylic acids is 1. The summed E-state index contributed by atoms with van der Waals surface area (Å²) in [4.78, 5) is 28.7. The highest BCUT2D eigenvalue weighted by molar-refractivity contribution is 5.93. The Balaban J connectivity index is 1.44. The number of fused-ring (bicyclic) bond motifs is 1. The van der Waals surface area contributed by atoms with E-state index >= 15 is 0 Å². The lowest BCUT2D eigenvalue weighted by Crippen LogP contribution is -2.60. The highest BCUT2D eigenvalue weighted by atomic mass is 16.5. The first-order valence-corrected chi connectivity index (χ1v) is 13.9. The molecule has 0 aromatic heterocycles. The van der Waals surface area contributed by atoms with Crippen molar-refractivity contribution in [1.29, 1.82) is 0 Å². The SMILES string of the molecule is COc1ccccc1/C=C/C(=O)N1C[C@H]2[C@]3(c4ccc(C(C)C)cc4)CC[C@@H](c4ccccc43)[C@@]2(C(=O)O)C1. The lowest BCUT2D eigenvalue weighted by Gasteiger charge is -2.59. The van der Waals surface area contributed by atoms with Crippen molar-refractivity contribution in [2.45, 2.75) is 43.9 Å². The molecule has 5 nitrogen and oxygen atoms in total. The molecule has 1 amide bonds. The van der Waals surface area contributed by atoms with Crippen molar-refractivity contribution in [3.05, 3.63) is 107 Å². The van der Waals surface area contributed by atoms with E-state index in [1.54, 1.807) is 24.2 Å². The molecule has 0 unspecified atom stereocenters. The second-order valence-electron chi connectivity index (χ2n) is 11.6. The van der Waals surface area contributed by atoms with Gasteiger partial charge in [0.15, 0.2) is 0 Å². The third-order valence-corrected chi connectivity index (χ3v) is 9.68. The maximum Gasteiger partial charge on any atom is 0.312 e. The molecule has 0 radical (unpaired) electrons. The zero-order chi connectivity index (χ0) is 27.4. The Hall–Kier alpha value is -3.86. The van der Waals surface area contributed by atoms with E-state index in [0.717, 1.165) is 29.5 Å². The van der Waals surface area contributed by atoms with Crippen LogP contribution in [0.25, 0.3) is 6.08 Å². The van der Waals surface area contributed by atoms with Gasteiger partial charge in [0, 0.05) is 42.0 Å². The number of carboxylic acid groups (broad SMARTS) is 1. The average molecular weight is 522 g/mol. The summed E-state index contributed by atoms with van der Waals surface area (Å²) < 4.78 is 5.43. The lowest BCUT2D eigenvalue weighted by molar-refractivity contribution is -0.157. The van der Waals surface area contributed by atoms with Crippen LogP contribution in [0.4, 0.5) is 0 Å². The van der Waals surface area contributed by atoms with E-state index in [1.165, 1.54) is 11.1 Å². The van der Waals surface area contributed by atoms with Crippen LogP contribution in [-0.4, -0.2) is 42.1 Å². The predicted octanol–water partition coefficient (Wildman–Crippen LogP) is 6.24. The molecule has 4 aliphatic rings. The van der Waals surface area contributed by atoms with E-state index in [0.29, 0.717) is 18.2 Å². The zero-order valence-corrected chi connectivity index (χ0v) is 22.8. The quantitative estimate of drug-likeness (QED) is 0.390. The fourth-order valence-electron chi connectivity index (χ4n) is 7.86. The van der Waals surface area contributed by atoms with Gasteiger partial charge in [-0.3, -0.25) is 9.59 Å². The van der Waals surface area contributed by atoms with Crippen LogP contribution in [0.5, 0.6) is 5.75 Å². The Kier molecular flexibility index (Phi) is 6.13. The molecule has 0 spiro atoms. The number of benzene rings is 3. The highest BCUT2D eigenvalue weighted by Gasteiger charge is 2.70. The van der Waals surface area contributed by atoms with Crippen molar-refractivity contribution in [2.75, 3.05) is 20.2 Å². The van der Waals surface area contributed by atoms with Crippen molar-refractivity contribution >= 4 is 18.0 Å². The van der Waals surface area contributed by atoms with E-state index in [-0.39, 0.29) is 24.3 Å². The van der Waals surface area contributed by atoms with E-state index in [1.807, 2.05) is 30.3 Å². The fraction of sp³-hybridized carbons (Fsp3) is 0.353. The normalized spacial score (nSPS) is 27.0. The molecule has 3 aromatic rings. The number of carbonyl (C=O) groups excluding carboxylic acids is 1. The summed E-state index contributed by atoms with van der Waals surface area (Å²) in [6.45, 7) is 5.00. The molecule has 5 heteroatoms. The Morgan fingerprint density at radius 2 is 1.74 bits per heavy atom. The van der Waals surface area contributed by atoms with Crippen molar-refractivity contribution in [3.63, 3.8) is 0 Å². The van der Waals surface area contributed by atoms with Crippen LogP contribution in [0.3, 0.4) is 0 Å². The van der Waals surface area contributed by atoms with Gasteiger partial charge in [0.2, 0.25) is 5.91 Å². The molecule has 3 aromatic carbocycles. The largest absolute Gasteiger partial charge is 0.496 e. The first-order chi connectivity index (χ1) is 18.8. The summed E-state index contributed by atoms with van der Waals surface area (Å²) in [7, 11) is 1.61. The molecular formula is C34H35NO4. The number of hydrogen-bond donors (Lipinski definition) is 1. The van der Waals surface area contributed by atoms with E-state index in [4.69, 9.17) is 4.74 Å². The predicted molar refractivity (Wildman–Crippen MR) is 152 cm³/mol. The van der Waals surface area contributed by atoms with Gasteiger partial charge in [0.05, 0.1) is 12.5 Å². The number of para-hydroxylation sites is 1. The molecule has 2 bridgehead atoms. The number of nitrogens with zero attached hydrogens (tertiary/aromatic N) is 1. The molecule has 1 heterocycles. The van der Waals surface area contributed by atoms with Crippen LogP contribution in [-0.2, 0) is 15.0 Å². The van der Waals surface area contributed by atoms with Gasteiger partial charge < -0.3 is 14.7 Å². The number of likely N-dealkylation sites (tertiary alicyclic amines) is 1. The minimum Gasteiger partial charge on any atom is -0.496 e. The fourth-order valence-corrected chi connectivity index (χ4v) is 7.86. The average Bonchev–Trinajstić information content (AvgIpc) is 3.40. The third-order valence-electron chi connectivity index (χ3n) is 9.68. The van der Waals surface area contributed by atoms with Crippen LogP contribution in [0.1, 0.15) is 66.3 Å². The van der Waals surface area contributed by atoms with Gasteiger partial charge in [-0.25, -0.2) is 0 Å². The van der Waals surface area contributed by atoms with Crippen molar-refractivity contribution < 1.29 is 19.4 Å². The molecule has 4 atom stereocenters. The Morgan fingerprint density at radius 1 is 1.03 bits per heavy atom. The molecule has 39 heavy (non-hydrogen) atoms. The molecule has 3 aliphatic carbocycles. The zero-order valence-electron chi connectivity index (χ0n) is 22.8. The monoisotopic (exact) mass is 521 g/mol. The number of rotatable bonds is 6. The number of ether oxygens (including phenoxy) is 1. The van der Waals surface area contributed by atoms with Crippen LogP contribution in [0, 0.1) is 11.3 Å². The second-order valence-corrected chi connectivity index (χ2v) is 11.6. The molecular weight excluding hydrogens is 486 g/mol. The molecule has 1 saturated carbocycles. The summed E-state index contributed by atoms with van der Waals surface area (Å²) in [5, 5.41) is 10.9. The maximum atomic E-state index is 13.6. The van der Waals surface area contributed by atoms with Crippen molar-refractivity contribution in [1.82, 2.24) is 4.90 Å². The molecule has 1 saturated heterocycles. The first-order valence-electron chi connectivity index (χ1n) is 13.9. The summed E-state index contributed by atoms with van der Waals surface area (Å²) in [5.41, 5.74) is 4.12. The number of aliphatic carboxylic acids is 1. The van der Waals surface area contributed by atoms with Crippen molar-refractivity contribution in [2.24, 2.45) is 11.3 Å². The van der Waals surface area contributed by atoms with Gasteiger partial charge >= 0.3 is 5.97 Å². The van der Waals surface area contributed by atoms with Crippen LogP contribution >= 0.6 is 0 Å². The topological polar surface area (TPSA) is 66.8 Å². The van der Waals surface area contributed by atoms with E-state index in [2.05, 4.69) is 56.3 Å². The third kappa shape index (κ3) is 3.66. The molecule has 7 rings (SSSR count). The minimum atomic E-state index is -1.03. The molecule has 1 aliphatic heterocycles. The smallest absolute Gasteiger partial charge is 0.312 e. The van der Waals surface area contributed by atoms with Crippen LogP contribution in [0.15, 0.2) is 78.9 Å². The highest BCUT2D eigenvalue weighted by Crippen LogP contribution is 2.68. The number of hydrogen-bond acceptors (Lipinski definition) is 3. The van der Waals surface area contributed by atoms with Crippen LogP contribution < -0.4 is 4.74 Å². The van der Waals surface area contributed by atoms with Gasteiger partial charge in [0.25, 0.3) is 0 Å². The number of carbonyl (C=O) groups is 2. The number of methoxy groups -OCH3 is 1. The van der Waals surface area contributed by atoms with Gasteiger partial charge in [-0.1, -0.05) is 80.6 Å². The Bertz CT molecular complexity index is 1460. The Labute approximate surface area is 230 Å². The van der Waals surface area contributed by atoms with E-state index < -0.39 is 16.8 Å². The molecule has 200 valence electrons. The standard InChI is InChI=1S/C34H35NO4/c1-22(2)23-12-15-25(16-13-23)33-19-18-28(26-9-5-6-10-27(26)33)34(32(37)38)21-35(20-30(33)34)31(36)17-14-24-8-4-7-11-29(24)39-3/h4-17,22,28,30H,18-21H2,1-3H3,(H,37,38)/b17-14+/t28-,30-,33-,34-/m0/s1. The summed E-state index contributed by atoms with van der Waals surface area (Å²) in [5.74, 6) is -0.188. The van der Waals surface area contributed by atoms with Gasteiger partial charge in [-0.2, -0.15) is 0 Å². The summed E-state index contributed by atoms with van der Waals surface area (Å²) >= 11 is 0. The molecule has 1 N–H and O–H groups in total. The Morgan fingerprint density at radius 3 is 2.46 bits per heavy atom. The van der Waals surface area contributed by atoms with Gasteiger partial charge in [0.1, 0.15) is 5.75 Å². The maximum absolute atomic E-state index is 13.6. The van der Waals surface area contributed by atoms with E-state index in [9.17, 15) is 14.7 Å². The molecule has 2 fully saturated rings. The summed E-state index contributed by atoms with van der Waals surface area (Å²) in [6, 6.07) is 24.7. The van der Waals surface area contributed by atoms with Crippen molar-refractivity contribution in [3.8, 4) is 5.75 Å².